The third-order valence-corrected chi connectivity index (χ3v) is 8.72. The van der Waals surface area contributed by atoms with Crippen LogP contribution in [0.25, 0.3) is 0 Å². The molecule has 1 atom stereocenters. The van der Waals surface area contributed by atoms with E-state index in [1.807, 2.05) is 18.7 Å². The van der Waals surface area contributed by atoms with Crippen LogP contribution in [0.4, 0.5) is 0 Å². The average Bonchev–Trinajstić information content (AvgIpc) is 3.35. The first-order valence-corrected chi connectivity index (χ1v) is 13.7. The van der Waals surface area contributed by atoms with Crippen LogP contribution in [0.15, 0.2) is 4.99 Å². The van der Waals surface area contributed by atoms with Gasteiger partial charge in [0.15, 0.2) is 5.96 Å². The SMILES string of the molecule is CCNC(=NCCS(=O)(=O)N1CCSCC1)NC1CCN(CC2CCCC2)C1.I. The lowest BCUT2D eigenvalue weighted by Crippen LogP contribution is -2.45. The van der Waals surface area contributed by atoms with Crippen molar-refractivity contribution in [2.45, 2.75) is 45.1 Å². The molecule has 0 bridgehead atoms. The Balaban J connectivity index is 0.00000300. The number of nitrogens with one attached hydrogen (secondary N) is 2. The van der Waals surface area contributed by atoms with E-state index in [0.717, 1.165) is 49.4 Å². The molecule has 0 radical (unpaired) electrons. The first-order chi connectivity index (χ1) is 13.6. The summed E-state index contributed by atoms with van der Waals surface area (Å²) < 4.78 is 26.6. The fourth-order valence-corrected chi connectivity index (χ4v) is 6.87. The van der Waals surface area contributed by atoms with Crippen LogP contribution < -0.4 is 10.6 Å². The molecule has 1 aliphatic carbocycles. The van der Waals surface area contributed by atoms with Gasteiger partial charge >= 0.3 is 0 Å². The lowest BCUT2D eigenvalue weighted by molar-refractivity contribution is 0.275. The molecule has 3 fully saturated rings. The third-order valence-electron chi connectivity index (χ3n) is 5.93. The number of sulfonamides is 1. The molecule has 2 aliphatic heterocycles. The second-order valence-electron chi connectivity index (χ2n) is 8.13. The van der Waals surface area contributed by atoms with E-state index in [4.69, 9.17) is 0 Å². The van der Waals surface area contributed by atoms with Crippen LogP contribution in [0.2, 0.25) is 0 Å². The fraction of sp³-hybridized carbons (Fsp3) is 0.947. The summed E-state index contributed by atoms with van der Waals surface area (Å²) in [6.07, 6.45) is 6.71. The Bertz CT molecular complexity index is 608. The fourth-order valence-electron chi connectivity index (χ4n) is 4.41. The lowest BCUT2D eigenvalue weighted by atomic mass is 10.1. The summed E-state index contributed by atoms with van der Waals surface area (Å²) in [4.78, 5) is 7.13. The smallest absolute Gasteiger partial charge is 0.215 e. The number of hydrogen-bond acceptors (Lipinski definition) is 5. The lowest BCUT2D eigenvalue weighted by Gasteiger charge is -2.25. The van der Waals surface area contributed by atoms with Crippen molar-refractivity contribution in [3.63, 3.8) is 0 Å². The molecule has 1 unspecified atom stereocenters. The van der Waals surface area contributed by atoms with Crippen LogP contribution in [-0.2, 0) is 10.0 Å². The molecule has 3 aliphatic rings. The first kappa shape index (κ1) is 25.5. The number of hydrogen-bond donors (Lipinski definition) is 2. The number of rotatable bonds is 8. The maximum atomic E-state index is 12.5. The molecule has 0 spiro atoms. The molecule has 2 N–H and O–H groups in total. The molecule has 0 aromatic carbocycles. The van der Waals surface area contributed by atoms with Gasteiger partial charge in [-0.15, -0.1) is 24.0 Å². The summed E-state index contributed by atoms with van der Waals surface area (Å²) in [6, 6.07) is 0.398. The minimum Gasteiger partial charge on any atom is -0.357 e. The molecular weight excluding hydrogens is 521 g/mol. The van der Waals surface area contributed by atoms with E-state index in [1.165, 1.54) is 32.2 Å². The van der Waals surface area contributed by atoms with Crippen LogP contribution in [0, 0.1) is 5.92 Å². The Labute approximate surface area is 198 Å². The van der Waals surface area contributed by atoms with Gasteiger partial charge in [-0.2, -0.15) is 11.8 Å². The van der Waals surface area contributed by atoms with E-state index in [2.05, 4.69) is 20.5 Å². The van der Waals surface area contributed by atoms with Crippen LogP contribution in [0.3, 0.4) is 0 Å². The maximum Gasteiger partial charge on any atom is 0.215 e. The summed E-state index contributed by atoms with van der Waals surface area (Å²) in [5, 5.41) is 6.79. The minimum absolute atomic E-state index is 0. The van der Waals surface area contributed by atoms with Gasteiger partial charge in [0, 0.05) is 56.8 Å². The second kappa shape index (κ2) is 12.9. The van der Waals surface area contributed by atoms with Crippen LogP contribution >= 0.6 is 35.7 Å². The predicted octanol–water partition coefficient (Wildman–Crippen LogP) is 1.80. The molecular formula is C19H38IN5O2S2. The zero-order valence-corrected chi connectivity index (χ0v) is 21.6. The monoisotopic (exact) mass is 559 g/mol. The normalized spacial score (nSPS) is 25.1. The standard InChI is InChI=1S/C19H37N5O2S2.HI/c1-2-20-19(21-8-14-28(25,26)24-10-12-27-13-11-24)22-18-7-9-23(16-18)15-17-5-3-4-6-17;/h17-18H,2-16H2,1H3,(H2,20,21,22);1H. The van der Waals surface area contributed by atoms with Gasteiger partial charge in [0.2, 0.25) is 10.0 Å². The van der Waals surface area contributed by atoms with Crippen molar-refractivity contribution < 1.29 is 8.42 Å². The molecule has 29 heavy (non-hydrogen) atoms. The molecule has 0 amide bonds. The molecule has 1 saturated carbocycles. The summed E-state index contributed by atoms with van der Waals surface area (Å²) in [5.74, 6) is 3.52. The summed E-state index contributed by atoms with van der Waals surface area (Å²) in [7, 11) is -3.19. The molecule has 2 saturated heterocycles. The van der Waals surface area contributed by atoms with Crippen molar-refractivity contribution in [3.05, 3.63) is 0 Å². The van der Waals surface area contributed by atoms with Crippen molar-refractivity contribution in [1.82, 2.24) is 19.8 Å². The topological polar surface area (TPSA) is 77.0 Å². The Hall–Kier alpha value is 0.220. The van der Waals surface area contributed by atoms with Gasteiger partial charge < -0.3 is 15.5 Å². The van der Waals surface area contributed by atoms with E-state index in [0.29, 0.717) is 25.7 Å². The number of nitrogens with zero attached hydrogens (tertiary/aromatic N) is 3. The largest absolute Gasteiger partial charge is 0.357 e. The summed E-state index contributed by atoms with van der Waals surface area (Å²) in [6.45, 7) is 7.83. The van der Waals surface area contributed by atoms with Crippen molar-refractivity contribution in [3.8, 4) is 0 Å². The van der Waals surface area contributed by atoms with Crippen molar-refractivity contribution in [1.29, 1.82) is 0 Å². The Morgan fingerprint density at radius 3 is 2.55 bits per heavy atom. The highest BCUT2D eigenvalue weighted by Gasteiger charge is 2.27. The number of thioether (sulfide) groups is 1. The van der Waals surface area contributed by atoms with E-state index in [-0.39, 0.29) is 29.7 Å². The Morgan fingerprint density at radius 1 is 1.14 bits per heavy atom. The number of likely N-dealkylation sites (tertiary alicyclic amines) is 1. The molecule has 10 heteroatoms. The summed E-state index contributed by atoms with van der Waals surface area (Å²) >= 11 is 1.82. The molecule has 2 heterocycles. The van der Waals surface area contributed by atoms with Gasteiger partial charge in [-0.25, -0.2) is 12.7 Å². The van der Waals surface area contributed by atoms with Crippen molar-refractivity contribution in [2.75, 3.05) is 63.1 Å². The molecule has 170 valence electrons. The van der Waals surface area contributed by atoms with Crippen LogP contribution in [0.5, 0.6) is 0 Å². The third kappa shape index (κ3) is 8.34. The Morgan fingerprint density at radius 2 is 1.86 bits per heavy atom. The van der Waals surface area contributed by atoms with E-state index < -0.39 is 10.0 Å². The van der Waals surface area contributed by atoms with E-state index >= 15 is 0 Å². The number of halogens is 1. The average molecular weight is 560 g/mol. The van der Waals surface area contributed by atoms with Gasteiger partial charge in [-0.05, 0) is 32.1 Å². The quantitative estimate of drug-likeness (QED) is 0.269. The predicted molar refractivity (Wildman–Crippen MR) is 134 cm³/mol. The van der Waals surface area contributed by atoms with Crippen LogP contribution in [-0.4, -0.2) is 92.7 Å². The second-order valence-corrected chi connectivity index (χ2v) is 11.4. The number of aliphatic imine (C=N–C) groups is 1. The Kier molecular flexibility index (Phi) is 11.4. The number of guanidine groups is 1. The zero-order valence-electron chi connectivity index (χ0n) is 17.6. The minimum atomic E-state index is -3.19. The van der Waals surface area contributed by atoms with Gasteiger partial charge in [-0.1, -0.05) is 12.8 Å². The highest BCUT2D eigenvalue weighted by Crippen LogP contribution is 2.26. The van der Waals surface area contributed by atoms with Crippen molar-refractivity contribution in [2.24, 2.45) is 10.9 Å². The van der Waals surface area contributed by atoms with Gasteiger partial charge in [-0.3, -0.25) is 4.99 Å². The molecule has 7 nitrogen and oxygen atoms in total. The van der Waals surface area contributed by atoms with Gasteiger partial charge in [0.1, 0.15) is 0 Å². The van der Waals surface area contributed by atoms with Gasteiger partial charge in [0.25, 0.3) is 0 Å². The van der Waals surface area contributed by atoms with Crippen LogP contribution in [0.1, 0.15) is 39.0 Å². The zero-order chi connectivity index (χ0) is 19.8. The molecule has 0 aromatic rings. The first-order valence-electron chi connectivity index (χ1n) is 10.9. The maximum absolute atomic E-state index is 12.5. The molecule has 3 rings (SSSR count). The van der Waals surface area contributed by atoms with Gasteiger partial charge in [0.05, 0.1) is 12.3 Å². The highest BCUT2D eigenvalue weighted by molar-refractivity contribution is 14.0. The van der Waals surface area contributed by atoms with E-state index in [1.54, 1.807) is 4.31 Å². The summed E-state index contributed by atoms with van der Waals surface area (Å²) in [5.41, 5.74) is 0. The van der Waals surface area contributed by atoms with Crippen molar-refractivity contribution >= 4 is 51.7 Å². The molecule has 0 aromatic heterocycles. The van der Waals surface area contributed by atoms with E-state index in [9.17, 15) is 8.42 Å². The highest BCUT2D eigenvalue weighted by atomic mass is 127.